The summed E-state index contributed by atoms with van der Waals surface area (Å²) in [6.07, 6.45) is 6.12. The second kappa shape index (κ2) is 9.10. The molecule has 23 heavy (non-hydrogen) atoms. The van der Waals surface area contributed by atoms with Gasteiger partial charge in [-0.2, -0.15) is 0 Å². The Kier molecular flexibility index (Phi) is 6.81. The maximum atomic E-state index is 11.8. The van der Waals surface area contributed by atoms with Crippen LogP contribution in [0.25, 0.3) is 0 Å². The van der Waals surface area contributed by atoms with E-state index in [1.807, 2.05) is 31.5 Å². The number of aromatic nitrogens is 2. The molecule has 0 saturated heterocycles. The highest BCUT2D eigenvalue weighted by molar-refractivity contribution is 5.75. The van der Waals surface area contributed by atoms with Crippen molar-refractivity contribution in [1.82, 2.24) is 14.9 Å². The fourth-order valence-electron chi connectivity index (χ4n) is 2.43. The van der Waals surface area contributed by atoms with Crippen molar-refractivity contribution in [3.8, 4) is 0 Å². The SMILES string of the molecule is COCCCCC(=O)NCc1cccc(Cn2ccnc2C)c1. The lowest BCUT2D eigenvalue weighted by atomic mass is 10.1. The van der Waals surface area contributed by atoms with Gasteiger partial charge in [-0.05, 0) is 30.9 Å². The zero-order chi connectivity index (χ0) is 16.5. The zero-order valence-electron chi connectivity index (χ0n) is 13.9. The highest BCUT2D eigenvalue weighted by atomic mass is 16.5. The maximum absolute atomic E-state index is 11.8. The molecule has 1 amide bonds. The molecule has 2 aromatic rings. The molecule has 0 aliphatic carbocycles. The van der Waals surface area contributed by atoms with Crippen molar-refractivity contribution in [3.63, 3.8) is 0 Å². The van der Waals surface area contributed by atoms with Gasteiger partial charge in [0.25, 0.3) is 0 Å². The van der Waals surface area contributed by atoms with Gasteiger partial charge in [0.2, 0.25) is 5.91 Å². The molecular formula is C18H25N3O2. The first-order valence-electron chi connectivity index (χ1n) is 8.00. The molecule has 1 heterocycles. The Bertz CT molecular complexity index is 622. The summed E-state index contributed by atoms with van der Waals surface area (Å²) in [7, 11) is 1.68. The molecule has 1 aromatic carbocycles. The van der Waals surface area contributed by atoms with Crippen LogP contribution in [0.15, 0.2) is 36.7 Å². The standard InChI is InChI=1S/C18H25N3O2/c1-15-19-9-10-21(15)14-17-7-5-6-16(12-17)13-20-18(22)8-3-4-11-23-2/h5-7,9-10,12H,3-4,8,11,13-14H2,1-2H3,(H,20,22). The first kappa shape index (κ1) is 17.2. The van der Waals surface area contributed by atoms with Crippen LogP contribution in [0.5, 0.6) is 0 Å². The molecular weight excluding hydrogens is 290 g/mol. The average molecular weight is 315 g/mol. The summed E-state index contributed by atoms with van der Waals surface area (Å²) >= 11 is 0. The molecule has 1 N–H and O–H groups in total. The van der Waals surface area contributed by atoms with Crippen LogP contribution in [0.3, 0.4) is 0 Å². The van der Waals surface area contributed by atoms with Gasteiger partial charge in [0, 0.05) is 45.6 Å². The average Bonchev–Trinajstić information content (AvgIpc) is 2.95. The molecule has 124 valence electrons. The van der Waals surface area contributed by atoms with E-state index in [0.717, 1.165) is 30.8 Å². The number of hydrogen-bond acceptors (Lipinski definition) is 3. The zero-order valence-corrected chi connectivity index (χ0v) is 13.9. The minimum absolute atomic E-state index is 0.0944. The van der Waals surface area contributed by atoms with E-state index < -0.39 is 0 Å². The molecule has 0 atom stereocenters. The van der Waals surface area contributed by atoms with Crippen molar-refractivity contribution in [1.29, 1.82) is 0 Å². The summed E-state index contributed by atoms with van der Waals surface area (Å²) < 4.78 is 7.08. The molecule has 0 aliphatic rings. The van der Waals surface area contributed by atoms with Crippen LogP contribution < -0.4 is 5.32 Å². The molecule has 2 rings (SSSR count). The van der Waals surface area contributed by atoms with Crippen molar-refractivity contribution in [2.75, 3.05) is 13.7 Å². The van der Waals surface area contributed by atoms with E-state index in [-0.39, 0.29) is 5.91 Å². The van der Waals surface area contributed by atoms with Gasteiger partial charge in [0.15, 0.2) is 0 Å². The van der Waals surface area contributed by atoms with Crippen LogP contribution in [0.4, 0.5) is 0 Å². The monoisotopic (exact) mass is 315 g/mol. The van der Waals surface area contributed by atoms with Gasteiger partial charge < -0.3 is 14.6 Å². The van der Waals surface area contributed by atoms with Crippen LogP contribution in [0.1, 0.15) is 36.2 Å². The van der Waals surface area contributed by atoms with Crippen LogP contribution in [-0.2, 0) is 22.6 Å². The molecule has 0 bridgehead atoms. The Morgan fingerprint density at radius 1 is 1.30 bits per heavy atom. The molecule has 0 radical (unpaired) electrons. The highest BCUT2D eigenvalue weighted by Gasteiger charge is 2.03. The van der Waals surface area contributed by atoms with Gasteiger partial charge in [-0.15, -0.1) is 0 Å². The lowest BCUT2D eigenvalue weighted by Crippen LogP contribution is -2.22. The second-order valence-electron chi connectivity index (χ2n) is 5.65. The van der Waals surface area contributed by atoms with Gasteiger partial charge in [-0.3, -0.25) is 4.79 Å². The number of aryl methyl sites for hydroxylation is 1. The first-order chi connectivity index (χ1) is 11.2. The number of carbonyl (C=O) groups excluding carboxylic acids is 1. The smallest absolute Gasteiger partial charge is 0.220 e. The van der Waals surface area contributed by atoms with Crippen molar-refractivity contribution < 1.29 is 9.53 Å². The molecule has 0 spiro atoms. The quantitative estimate of drug-likeness (QED) is 0.724. The van der Waals surface area contributed by atoms with E-state index in [9.17, 15) is 4.79 Å². The topological polar surface area (TPSA) is 56.1 Å². The predicted molar refractivity (Wildman–Crippen MR) is 90.1 cm³/mol. The van der Waals surface area contributed by atoms with Crippen LogP contribution in [-0.4, -0.2) is 29.2 Å². The molecule has 0 fully saturated rings. The van der Waals surface area contributed by atoms with Crippen molar-refractivity contribution in [2.24, 2.45) is 0 Å². The largest absolute Gasteiger partial charge is 0.385 e. The summed E-state index contributed by atoms with van der Waals surface area (Å²) in [6.45, 7) is 4.07. The number of imidazole rings is 1. The molecule has 5 nitrogen and oxygen atoms in total. The fourth-order valence-corrected chi connectivity index (χ4v) is 2.43. The number of nitrogens with one attached hydrogen (secondary N) is 1. The predicted octanol–water partition coefficient (Wildman–Crippen LogP) is 2.67. The third-order valence-electron chi connectivity index (χ3n) is 3.76. The van der Waals surface area contributed by atoms with Crippen LogP contribution >= 0.6 is 0 Å². The van der Waals surface area contributed by atoms with Gasteiger partial charge in [0.1, 0.15) is 5.82 Å². The van der Waals surface area contributed by atoms with Gasteiger partial charge >= 0.3 is 0 Å². The number of unbranched alkanes of at least 4 members (excludes halogenated alkanes) is 1. The Morgan fingerprint density at radius 3 is 2.87 bits per heavy atom. The molecule has 5 heteroatoms. The number of nitrogens with zero attached hydrogens (tertiary/aromatic N) is 2. The van der Waals surface area contributed by atoms with Crippen molar-refractivity contribution >= 4 is 5.91 Å². The lowest BCUT2D eigenvalue weighted by Gasteiger charge is -2.09. The van der Waals surface area contributed by atoms with E-state index in [0.29, 0.717) is 19.6 Å². The van der Waals surface area contributed by atoms with E-state index in [4.69, 9.17) is 4.74 Å². The number of ether oxygens (including phenoxy) is 1. The van der Waals surface area contributed by atoms with E-state index in [2.05, 4.69) is 27.0 Å². The second-order valence-corrected chi connectivity index (χ2v) is 5.65. The maximum Gasteiger partial charge on any atom is 0.220 e. The normalized spacial score (nSPS) is 10.7. The minimum atomic E-state index is 0.0944. The first-order valence-corrected chi connectivity index (χ1v) is 8.00. The number of carbonyl (C=O) groups is 1. The Labute approximate surface area is 137 Å². The number of methoxy groups -OCH3 is 1. The van der Waals surface area contributed by atoms with Crippen LogP contribution in [0, 0.1) is 6.92 Å². The summed E-state index contributed by atoms with van der Waals surface area (Å²) in [5, 5.41) is 2.97. The highest BCUT2D eigenvalue weighted by Crippen LogP contribution is 2.09. The van der Waals surface area contributed by atoms with Crippen LogP contribution in [0.2, 0.25) is 0 Å². The molecule has 0 aliphatic heterocycles. The minimum Gasteiger partial charge on any atom is -0.385 e. The van der Waals surface area contributed by atoms with E-state index >= 15 is 0 Å². The Hall–Kier alpha value is -2.14. The number of hydrogen-bond donors (Lipinski definition) is 1. The summed E-state index contributed by atoms with van der Waals surface area (Å²) in [5.41, 5.74) is 2.32. The summed E-state index contributed by atoms with van der Waals surface area (Å²) in [4.78, 5) is 16.0. The lowest BCUT2D eigenvalue weighted by molar-refractivity contribution is -0.121. The Balaban J connectivity index is 1.81. The van der Waals surface area contributed by atoms with Gasteiger partial charge in [-0.25, -0.2) is 4.98 Å². The number of rotatable bonds is 9. The van der Waals surface area contributed by atoms with Gasteiger partial charge in [-0.1, -0.05) is 24.3 Å². The molecule has 0 unspecified atom stereocenters. The van der Waals surface area contributed by atoms with Crippen molar-refractivity contribution in [2.45, 2.75) is 39.3 Å². The fraction of sp³-hybridized carbons (Fsp3) is 0.444. The third kappa shape index (κ3) is 5.87. The molecule has 1 aromatic heterocycles. The van der Waals surface area contributed by atoms with Crippen molar-refractivity contribution in [3.05, 3.63) is 53.6 Å². The van der Waals surface area contributed by atoms with E-state index in [1.165, 1.54) is 5.56 Å². The summed E-state index contributed by atoms with van der Waals surface area (Å²) in [6, 6.07) is 8.29. The number of benzene rings is 1. The molecule has 0 saturated carbocycles. The van der Waals surface area contributed by atoms with Gasteiger partial charge in [0.05, 0.1) is 0 Å². The van der Waals surface area contributed by atoms with E-state index in [1.54, 1.807) is 7.11 Å². The Morgan fingerprint density at radius 2 is 2.13 bits per heavy atom. The number of amides is 1. The summed E-state index contributed by atoms with van der Waals surface area (Å²) in [5.74, 6) is 1.09. The third-order valence-corrected chi connectivity index (χ3v) is 3.76.